The van der Waals surface area contributed by atoms with E-state index >= 15 is 0 Å². The third kappa shape index (κ3) is 8.06. The smallest absolute Gasteiger partial charge is 0.0658 e. The predicted octanol–water partition coefficient (Wildman–Crippen LogP) is 12.7. The summed E-state index contributed by atoms with van der Waals surface area (Å²) in [6.45, 7) is 24.2. The van der Waals surface area contributed by atoms with Gasteiger partial charge in [-0.25, -0.2) is 0 Å². The Morgan fingerprint density at radius 3 is 1.81 bits per heavy atom. The number of hydrogen-bond acceptors (Lipinski definition) is 4. The van der Waals surface area contributed by atoms with Crippen molar-refractivity contribution in [2.45, 2.75) is 222 Å². The molecule has 0 heterocycles. The van der Waals surface area contributed by atoms with E-state index in [1.165, 1.54) is 95.5 Å². The maximum atomic E-state index is 11.1. The molecule has 6 saturated carbocycles. The molecular weight excluding hydrogens is 713 g/mol. The lowest BCUT2D eigenvalue weighted by Gasteiger charge is -2.59. The highest BCUT2D eigenvalue weighted by atomic mass is 16.3. The molecule has 2 unspecified atom stereocenters. The van der Waals surface area contributed by atoms with Crippen LogP contribution in [0.1, 0.15) is 198 Å². The highest BCUT2D eigenvalue weighted by Gasteiger charge is 2.62. The summed E-state index contributed by atoms with van der Waals surface area (Å²) in [6, 6.07) is 0. The maximum absolute atomic E-state index is 11.1. The van der Waals surface area contributed by atoms with E-state index in [-0.39, 0.29) is 29.8 Å². The summed E-state index contributed by atoms with van der Waals surface area (Å²) in [4.78, 5) is 0. The minimum atomic E-state index is -0.373. The van der Waals surface area contributed by atoms with Gasteiger partial charge in [0.25, 0.3) is 0 Å². The molecule has 0 aromatic carbocycles. The van der Waals surface area contributed by atoms with Crippen molar-refractivity contribution in [2.75, 3.05) is 0 Å². The Kier molecular flexibility index (Phi) is 13.7. The number of allylic oxidation sites excluding steroid dienone is 2. The molecule has 0 bridgehead atoms. The van der Waals surface area contributed by atoms with Gasteiger partial charge in [0, 0.05) is 11.8 Å². The van der Waals surface area contributed by atoms with Gasteiger partial charge in [-0.1, -0.05) is 112 Å². The monoisotopic (exact) mass is 805 g/mol. The second-order valence-electron chi connectivity index (χ2n) is 24.5. The van der Waals surface area contributed by atoms with Crippen molar-refractivity contribution in [1.29, 1.82) is 0 Å². The Labute approximate surface area is 357 Å². The van der Waals surface area contributed by atoms with Crippen LogP contribution in [0.3, 0.4) is 0 Å². The molecule has 4 nitrogen and oxygen atoms in total. The summed E-state index contributed by atoms with van der Waals surface area (Å²) < 4.78 is 0. The van der Waals surface area contributed by atoms with Crippen LogP contribution in [0, 0.1) is 92.7 Å². The summed E-state index contributed by atoms with van der Waals surface area (Å²) in [7, 11) is 0. The molecule has 4 heteroatoms. The highest BCUT2D eigenvalue weighted by Crippen LogP contribution is 2.69. The molecule has 0 aromatic heterocycles. The zero-order valence-electron chi connectivity index (χ0n) is 39.3. The Hall–Kier alpha value is -0.680. The summed E-state index contributed by atoms with van der Waals surface area (Å²) in [5, 5.41) is 42.4. The first kappa shape index (κ1) is 45.3. The van der Waals surface area contributed by atoms with Gasteiger partial charge in [0.15, 0.2) is 0 Å². The fourth-order valence-electron chi connectivity index (χ4n) is 17.3. The molecule has 0 aromatic rings. The zero-order valence-corrected chi connectivity index (χ0v) is 39.3. The van der Waals surface area contributed by atoms with E-state index < -0.39 is 0 Å². The van der Waals surface area contributed by atoms with E-state index in [1.54, 1.807) is 5.57 Å². The lowest BCUT2D eigenvalue weighted by Crippen LogP contribution is -2.55. The molecule has 6 fully saturated rings. The molecule has 8 aliphatic carbocycles. The van der Waals surface area contributed by atoms with Gasteiger partial charge in [-0.2, -0.15) is 0 Å². The van der Waals surface area contributed by atoms with Gasteiger partial charge in [0.05, 0.1) is 24.4 Å². The van der Waals surface area contributed by atoms with Crippen LogP contribution in [0.25, 0.3) is 0 Å². The summed E-state index contributed by atoms with van der Waals surface area (Å²) in [5.74, 6) is 8.98. The summed E-state index contributed by atoms with van der Waals surface area (Å²) in [6.07, 6.45) is 28.0. The van der Waals surface area contributed by atoms with Crippen LogP contribution >= 0.6 is 0 Å². The first-order valence-corrected chi connectivity index (χ1v) is 25.5. The average Bonchev–Trinajstić information content (AvgIpc) is 3.71. The SMILES string of the molecule is CC(C)CCC(O)[C@@H](C)[C@H]1CC[C@H]2[C@@H]3CC=C4C[C@@H](O)CC[C@]4(C)[C@H]3CC[C@]12C.CC(C)CCC[C@@H](C)[C@H]1CC[C@H]2[C@@H]3CC=C4C[C@@H](O)CC(O)[C@]4(C)[C@H]3CC[C@]12C. The van der Waals surface area contributed by atoms with Gasteiger partial charge in [0.2, 0.25) is 0 Å². The van der Waals surface area contributed by atoms with Crippen LogP contribution in [0.5, 0.6) is 0 Å². The van der Waals surface area contributed by atoms with Crippen molar-refractivity contribution in [2.24, 2.45) is 92.7 Å². The van der Waals surface area contributed by atoms with Crippen LogP contribution in [0.2, 0.25) is 0 Å². The normalized spacial score (nSPS) is 47.2. The third-order valence-electron chi connectivity index (χ3n) is 20.8. The largest absolute Gasteiger partial charge is 0.393 e. The van der Waals surface area contributed by atoms with Gasteiger partial charge < -0.3 is 20.4 Å². The van der Waals surface area contributed by atoms with E-state index in [0.29, 0.717) is 46.3 Å². The topological polar surface area (TPSA) is 80.9 Å². The van der Waals surface area contributed by atoms with Crippen molar-refractivity contribution in [3.8, 4) is 0 Å². The number of hydrogen-bond donors (Lipinski definition) is 4. The van der Waals surface area contributed by atoms with Crippen LogP contribution < -0.4 is 0 Å². The van der Waals surface area contributed by atoms with Crippen LogP contribution in [0.15, 0.2) is 23.3 Å². The molecule has 0 amide bonds. The zero-order chi connectivity index (χ0) is 41.9. The van der Waals surface area contributed by atoms with Crippen molar-refractivity contribution in [3.63, 3.8) is 0 Å². The standard InChI is InChI=1S/2C27H46O2/c1-17(2)6-11-25(29)18(3)22-9-10-23-21-8-7-19-16-20(28)12-14-26(19,4)24(21)13-15-27(22,23)5;1-17(2)7-6-8-18(3)22-11-12-23-21-10-9-19-15-20(28)16-25(29)27(19,5)24(21)13-14-26(22,23)4/h7,17-18,20-25,28-29H,6,8-16H2,1-5H3;9,17-18,20-25,28-29H,6-8,10-16H2,1-5H3/t18-,20-,21-,22+,23-,24-,25?,26-,27+;18-,20-,21+,22-,23+,24+,25?,26-,27+/m01/s1. The molecule has 0 radical (unpaired) electrons. The van der Waals surface area contributed by atoms with Gasteiger partial charge in [-0.15, -0.1) is 0 Å². The molecule has 8 rings (SSSR count). The summed E-state index contributed by atoms with van der Waals surface area (Å²) in [5.41, 5.74) is 4.10. The molecular formula is C54H92O4. The first-order valence-electron chi connectivity index (χ1n) is 25.5. The maximum Gasteiger partial charge on any atom is 0.0658 e. The second kappa shape index (κ2) is 17.5. The average molecular weight is 805 g/mol. The number of fused-ring (bicyclic) bond motifs is 10. The molecule has 18 atom stereocenters. The minimum Gasteiger partial charge on any atom is -0.393 e. The van der Waals surface area contributed by atoms with E-state index in [9.17, 15) is 20.4 Å². The molecule has 0 spiro atoms. The Bertz CT molecular complexity index is 1460. The fourth-order valence-corrected chi connectivity index (χ4v) is 17.3. The van der Waals surface area contributed by atoms with Crippen molar-refractivity contribution < 1.29 is 20.4 Å². The molecule has 0 aliphatic heterocycles. The van der Waals surface area contributed by atoms with Crippen LogP contribution in [0.4, 0.5) is 0 Å². The fraction of sp³-hybridized carbons (Fsp3) is 0.926. The number of rotatable bonds is 10. The van der Waals surface area contributed by atoms with E-state index in [0.717, 1.165) is 79.4 Å². The minimum absolute atomic E-state index is 0.0928. The first-order chi connectivity index (χ1) is 27.3. The Balaban J connectivity index is 0.000000177. The molecule has 4 N–H and O–H groups in total. The van der Waals surface area contributed by atoms with E-state index in [1.807, 2.05) is 0 Å². The van der Waals surface area contributed by atoms with Crippen molar-refractivity contribution in [1.82, 2.24) is 0 Å². The lowest BCUT2D eigenvalue weighted by molar-refractivity contribution is -0.108. The number of aliphatic hydroxyl groups excluding tert-OH is 4. The van der Waals surface area contributed by atoms with Crippen molar-refractivity contribution in [3.05, 3.63) is 23.3 Å². The van der Waals surface area contributed by atoms with Crippen molar-refractivity contribution >= 4 is 0 Å². The molecule has 0 saturated heterocycles. The Morgan fingerprint density at radius 2 is 1.16 bits per heavy atom. The highest BCUT2D eigenvalue weighted by molar-refractivity contribution is 5.28. The van der Waals surface area contributed by atoms with E-state index in [2.05, 4.69) is 81.4 Å². The quantitative estimate of drug-likeness (QED) is 0.166. The molecule has 58 heavy (non-hydrogen) atoms. The van der Waals surface area contributed by atoms with E-state index in [4.69, 9.17) is 0 Å². The number of aliphatic hydroxyl groups is 4. The van der Waals surface area contributed by atoms with Gasteiger partial charge >= 0.3 is 0 Å². The van der Waals surface area contributed by atoms with Gasteiger partial charge in [-0.3, -0.25) is 0 Å². The summed E-state index contributed by atoms with van der Waals surface area (Å²) >= 11 is 0. The second-order valence-corrected chi connectivity index (χ2v) is 24.5. The predicted molar refractivity (Wildman–Crippen MR) is 241 cm³/mol. The van der Waals surface area contributed by atoms with Crippen LogP contribution in [-0.4, -0.2) is 44.8 Å². The molecule has 332 valence electrons. The third-order valence-corrected chi connectivity index (χ3v) is 20.8. The Morgan fingerprint density at radius 1 is 0.586 bits per heavy atom. The van der Waals surface area contributed by atoms with Gasteiger partial charge in [0.1, 0.15) is 0 Å². The van der Waals surface area contributed by atoms with Gasteiger partial charge in [-0.05, 0) is 190 Å². The lowest BCUT2D eigenvalue weighted by atomic mass is 9.46. The molecule has 8 aliphatic rings. The van der Waals surface area contributed by atoms with Crippen LogP contribution in [-0.2, 0) is 0 Å².